The first-order valence-corrected chi connectivity index (χ1v) is 6.84. The van der Waals surface area contributed by atoms with E-state index in [0.717, 1.165) is 38.1 Å². The van der Waals surface area contributed by atoms with Gasteiger partial charge in [0, 0.05) is 12.5 Å². The van der Waals surface area contributed by atoms with Crippen LogP contribution in [0.5, 0.6) is 0 Å². The van der Waals surface area contributed by atoms with E-state index in [9.17, 15) is 4.79 Å². The third-order valence-corrected chi connectivity index (χ3v) is 4.24. The number of aliphatic carboxylic acids is 1. The Morgan fingerprint density at radius 3 is 2.61 bits per heavy atom. The molecule has 5 nitrogen and oxygen atoms in total. The van der Waals surface area contributed by atoms with Gasteiger partial charge in [-0.2, -0.15) is 0 Å². The van der Waals surface area contributed by atoms with Gasteiger partial charge >= 0.3 is 5.97 Å². The molecule has 18 heavy (non-hydrogen) atoms. The Morgan fingerprint density at radius 2 is 2.00 bits per heavy atom. The Hall–Kier alpha value is -1.39. The predicted molar refractivity (Wildman–Crippen MR) is 65.1 cm³/mol. The highest BCUT2D eigenvalue weighted by Crippen LogP contribution is 2.39. The molecule has 5 heteroatoms. The van der Waals surface area contributed by atoms with E-state index in [2.05, 4.69) is 14.8 Å². The summed E-state index contributed by atoms with van der Waals surface area (Å²) in [6.07, 6.45) is 7.98. The molecule has 0 spiro atoms. The fraction of sp³-hybridized carbons (Fsp3) is 0.769. The maximum atomic E-state index is 10.9. The Kier molecular flexibility index (Phi) is 3.06. The normalized spacial score (nSPS) is 28.2. The van der Waals surface area contributed by atoms with Crippen LogP contribution in [0.4, 0.5) is 0 Å². The van der Waals surface area contributed by atoms with Crippen molar-refractivity contribution < 1.29 is 9.90 Å². The van der Waals surface area contributed by atoms with Gasteiger partial charge in [0.05, 0.1) is 5.92 Å². The lowest BCUT2D eigenvalue weighted by Crippen LogP contribution is -2.24. The molecule has 2 aliphatic carbocycles. The summed E-state index contributed by atoms with van der Waals surface area (Å²) in [5.41, 5.74) is 0. The van der Waals surface area contributed by atoms with Gasteiger partial charge in [0.1, 0.15) is 12.2 Å². The first-order valence-electron chi connectivity index (χ1n) is 6.84. The molecule has 0 bridgehead atoms. The van der Waals surface area contributed by atoms with Crippen LogP contribution < -0.4 is 0 Å². The molecule has 2 fully saturated rings. The minimum absolute atomic E-state index is 0.120. The fourth-order valence-corrected chi connectivity index (χ4v) is 2.93. The summed E-state index contributed by atoms with van der Waals surface area (Å²) in [5, 5.41) is 17.2. The van der Waals surface area contributed by atoms with Gasteiger partial charge in [-0.25, -0.2) is 0 Å². The molecule has 2 saturated carbocycles. The molecule has 1 aromatic heterocycles. The number of aromatic nitrogens is 3. The summed E-state index contributed by atoms with van der Waals surface area (Å²) in [6.45, 7) is 0.963. The molecule has 0 amide bonds. The lowest BCUT2D eigenvalue weighted by atomic mass is 9.82. The van der Waals surface area contributed by atoms with Crippen molar-refractivity contribution >= 4 is 5.97 Å². The average molecular weight is 249 g/mol. The van der Waals surface area contributed by atoms with Gasteiger partial charge in [0.15, 0.2) is 0 Å². The molecule has 1 aromatic rings. The number of hydrogen-bond acceptors (Lipinski definition) is 3. The SMILES string of the molecule is O=C(O)C1CCC(Cn2cnnc2C2CC2)CC1. The number of carbonyl (C=O) groups is 1. The van der Waals surface area contributed by atoms with Crippen LogP contribution >= 0.6 is 0 Å². The zero-order valence-electron chi connectivity index (χ0n) is 10.5. The number of carboxylic acids is 1. The molecule has 98 valence electrons. The quantitative estimate of drug-likeness (QED) is 0.886. The molecule has 0 atom stereocenters. The molecular formula is C13H19N3O2. The van der Waals surface area contributed by atoms with E-state index >= 15 is 0 Å². The number of hydrogen-bond donors (Lipinski definition) is 1. The third-order valence-electron chi connectivity index (χ3n) is 4.24. The Morgan fingerprint density at radius 1 is 1.28 bits per heavy atom. The molecule has 0 saturated heterocycles. The highest BCUT2D eigenvalue weighted by Gasteiger charge is 2.30. The van der Waals surface area contributed by atoms with E-state index in [-0.39, 0.29) is 5.92 Å². The second-order valence-electron chi connectivity index (χ2n) is 5.67. The van der Waals surface area contributed by atoms with Gasteiger partial charge < -0.3 is 9.67 Å². The van der Waals surface area contributed by atoms with Crippen LogP contribution in [0.25, 0.3) is 0 Å². The molecule has 3 rings (SSSR count). The first-order chi connectivity index (χ1) is 8.74. The van der Waals surface area contributed by atoms with Crippen LogP contribution in [0.2, 0.25) is 0 Å². The van der Waals surface area contributed by atoms with E-state index in [1.807, 2.05) is 6.33 Å². The molecule has 0 radical (unpaired) electrons. The summed E-state index contributed by atoms with van der Waals surface area (Å²) in [4.78, 5) is 10.9. The van der Waals surface area contributed by atoms with Crippen molar-refractivity contribution in [2.24, 2.45) is 11.8 Å². The van der Waals surface area contributed by atoms with Crippen molar-refractivity contribution in [2.45, 2.75) is 51.0 Å². The topological polar surface area (TPSA) is 68.0 Å². The fourth-order valence-electron chi connectivity index (χ4n) is 2.93. The van der Waals surface area contributed by atoms with Crippen molar-refractivity contribution in [2.75, 3.05) is 0 Å². The number of nitrogens with zero attached hydrogens (tertiary/aromatic N) is 3. The van der Waals surface area contributed by atoms with Gasteiger partial charge in [0.25, 0.3) is 0 Å². The summed E-state index contributed by atoms with van der Waals surface area (Å²) in [5.74, 6) is 1.61. The molecule has 0 aliphatic heterocycles. The largest absolute Gasteiger partial charge is 0.481 e. The van der Waals surface area contributed by atoms with Crippen LogP contribution in [0.3, 0.4) is 0 Å². The summed E-state index contributed by atoms with van der Waals surface area (Å²) < 4.78 is 2.18. The van der Waals surface area contributed by atoms with Crippen LogP contribution in [0.15, 0.2) is 6.33 Å². The maximum Gasteiger partial charge on any atom is 0.306 e. The van der Waals surface area contributed by atoms with Crippen molar-refractivity contribution in [3.05, 3.63) is 12.2 Å². The zero-order chi connectivity index (χ0) is 12.5. The lowest BCUT2D eigenvalue weighted by molar-refractivity contribution is -0.143. The van der Waals surface area contributed by atoms with E-state index in [1.165, 1.54) is 12.8 Å². The Balaban J connectivity index is 1.57. The van der Waals surface area contributed by atoms with E-state index in [1.54, 1.807) is 0 Å². The molecule has 1 heterocycles. The highest BCUT2D eigenvalue weighted by atomic mass is 16.4. The smallest absolute Gasteiger partial charge is 0.306 e. The first kappa shape index (κ1) is 11.7. The lowest BCUT2D eigenvalue weighted by Gasteiger charge is -2.26. The highest BCUT2D eigenvalue weighted by molar-refractivity contribution is 5.69. The van der Waals surface area contributed by atoms with Crippen LogP contribution in [-0.4, -0.2) is 25.8 Å². The van der Waals surface area contributed by atoms with Gasteiger partial charge in [0.2, 0.25) is 0 Å². The number of carboxylic acid groups (broad SMARTS) is 1. The summed E-state index contributed by atoms with van der Waals surface area (Å²) >= 11 is 0. The van der Waals surface area contributed by atoms with Gasteiger partial charge in [-0.05, 0) is 44.4 Å². The van der Waals surface area contributed by atoms with Crippen LogP contribution in [0.1, 0.15) is 50.3 Å². The minimum atomic E-state index is -0.628. The second kappa shape index (κ2) is 4.71. The van der Waals surface area contributed by atoms with E-state index in [4.69, 9.17) is 5.11 Å². The molecule has 2 aliphatic rings. The molecule has 0 aromatic carbocycles. The molecule has 1 N–H and O–H groups in total. The molecule has 0 unspecified atom stereocenters. The Bertz CT molecular complexity index is 431. The van der Waals surface area contributed by atoms with Gasteiger partial charge in [-0.15, -0.1) is 10.2 Å². The van der Waals surface area contributed by atoms with Crippen LogP contribution in [0, 0.1) is 11.8 Å². The standard InChI is InChI=1S/C13H19N3O2/c17-13(18)11-3-1-9(2-4-11)7-16-8-14-15-12(16)10-5-6-10/h8-11H,1-7H2,(H,17,18). The zero-order valence-corrected chi connectivity index (χ0v) is 10.5. The van der Waals surface area contributed by atoms with Crippen LogP contribution in [-0.2, 0) is 11.3 Å². The maximum absolute atomic E-state index is 10.9. The third kappa shape index (κ3) is 2.40. The summed E-state index contributed by atoms with van der Waals surface area (Å²) in [6, 6.07) is 0. The van der Waals surface area contributed by atoms with Crippen molar-refractivity contribution in [3.8, 4) is 0 Å². The van der Waals surface area contributed by atoms with Crippen molar-refractivity contribution in [1.82, 2.24) is 14.8 Å². The van der Waals surface area contributed by atoms with Crippen molar-refractivity contribution in [3.63, 3.8) is 0 Å². The summed E-state index contributed by atoms with van der Waals surface area (Å²) in [7, 11) is 0. The molecular weight excluding hydrogens is 230 g/mol. The second-order valence-corrected chi connectivity index (χ2v) is 5.67. The monoisotopic (exact) mass is 249 g/mol. The number of rotatable bonds is 4. The average Bonchev–Trinajstić information content (AvgIpc) is 3.11. The van der Waals surface area contributed by atoms with E-state index in [0.29, 0.717) is 11.8 Å². The predicted octanol–water partition coefficient (Wildman–Crippen LogP) is 2.05. The van der Waals surface area contributed by atoms with Crippen molar-refractivity contribution in [1.29, 1.82) is 0 Å². The van der Waals surface area contributed by atoms with E-state index < -0.39 is 5.97 Å². The minimum Gasteiger partial charge on any atom is -0.481 e. The van der Waals surface area contributed by atoms with Gasteiger partial charge in [-0.1, -0.05) is 0 Å². The van der Waals surface area contributed by atoms with Gasteiger partial charge in [-0.3, -0.25) is 4.79 Å². The Labute approximate surface area is 106 Å².